The highest BCUT2D eigenvalue weighted by Crippen LogP contribution is 2.42. The van der Waals surface area contributed by atoms with Gasteiger partial charge in [-0.3, -0.25) is 4.79 Å². The minimum atomic E-state index is -0.334. The van der Waals surface area contributed by atoms with Gasteiger partial charge >= 0.3 is 0 Å². The third kappa shape index (κ3) is 3.32. The van der Waals surface area contributed by atoms with E-state index in [4.69, 9.17) is 4.98 Å². The second kappa shape index (κ2) is 7.38. The van der Waals surface area contributed by atoms with Crippen molar-refractivity contribution >= 4 is 22.6 Å². The third-order valence-corrected chi connectivity index (χ3v) is 6.70. The number of halogens is 1. The predicted molar refractivity (Wildman–Crippen MR) is 117 cm³/mol. The predicted octanol–water partition coefficient (Wildman–Crippen LogP) is 4.70. The molecule has 1 aromatic heterocycles. The molecule has 2 aromatic carbocycles. The van der Waals surface area contributed by atoms with Crippen molar-refractivity contribution in [2.75, 3.05) is 24.5 Å². The van der Waals surface area contributed by atoms with E-state index in [2.05, 4.69) is 24.0 Å². The SMILES string of the molecule is Cc1cc(N2CC[C@@]3(CCCN(Cc4ccc(F)cc4)C3=O)C2)nc2ccccc12. The molecular formula is C25H26FN3O. The smallest absolute Gasteiger partial charge is 0.230 e. The van der Waals surface area contributed by atoms with Gasteiger partial charge < -0.3 is 9.80 Å². The Labute approximate surface area is 176 Å². The summed E-state index contributed by atoms with van der Waals surface area (Å²) >= 11 is 0. The Balaban J connectivity index is 1.37. The Bertz CT molecular complexity index is 1100. The second-order valence-corrected chi connectivity index (χ2v) is 8.72. The number of aryl methyl sites for hydroxylation is 1. The molecule has 4 nitrogen and oxygen atoms in total. The zero-order valence-corrected chi connectivity index (χ0v) is 17.3. The fraction of sp³-hybridized carbons (Fsp3) is 0.360. The van der Waals surface area contributed by atoms with Gasteiger partial charge in [0.05, 0.1) is 10.9 Å². The van der Waals surface area contributed by atoms with Gasteiger partial charge in [0, 0.05) is 31.6 Å². The van der Waals surface area contributed by atoms with E-state index in [0.29, 0.717) is 6.54 Å². The number of nitrogens with zero attached hydrogens (tertiary/aromatic N) is 3. The topological polar surface area (TPSA) is 36.4 Å². The molecule has 0 N–H and O–H groups in total. The highest BCUT2D eigenvalue weighted by atomic mass is 19.1. The van der Waals surface area contributed by atoms with Crippen LogP contribution in [-0.2, 0) is 11.3 Å². The molecule has 0 aliphatic carbocycles. The molecule has 0 radical (unpaired) electrons. The van der Waals surface area contributed by atoms with Gasteiger partial charge in [-0.1, -0.05) is 30.3 Å². The summed E-state index contributed by atoms with van der Waals surface area (Å²) in [4.78, 5) is 22.6. The number of hydrogen-bond acceptors (Lipinski definition) is 3. The molecule has 2 saturated heterocycles. The summed E-state index contributed by atoms with van der Waals surface area (Å²) in [5.41, 5.74) is 2.86. The van der Waals surface area contributed by atoms with Crippen LogP contribution in [0.2, 0.25) is 0 Å². The minimum Gasteiger partial charge on any atom is -0.355 e. The van der Waals surface area contributed by atoms with Gasteiger partial charge in [-0.25, -0.2) is 9.37 Å². The largest absolute Gasteiger partial charge is 0.355 e. The van der Waals surface area contributed by atoms with Crippen molar-refractivity contribution in [1.82, 2.24) is 9.88 Å². The molecule has 2 aliphatic heterocycles. The number of amides is 1. The Hall–Kier alpha value is -2.95. The molecule has 1 amide bonds. The van der Waals surface area contributed by atoms with Crippen molar-refractivity contribution < 1.29 is 9.18 Å². The average molecular weight is 404 g/mol. The van der Waals surface area contributed by atoms with Crippen molar-refractivity contribution in [2.45, 2.75) is 32.7 Å². The fourth-order valence-electron chi connectivity index (χ4n) is 5.05. The maximum absolute atomic E-state index is 13.5. The zero-order valence-electron chi connectivity index (χ0n) is 17.3. The molecule has 3 aromatic rings. The summed E-state index contributed by atoms with van der Waals surface area (Å²) in [5, 5.41) is 1.18. The lowest BCUT2D eigenvalue weighted by Gasteiger charge is -2.39. The van der Waals surface area contributed by atoms with Gasteiger partial charge in [0.15, 0.2) is 0 Å². The number of para-hydroxylation sites is 1. The van der Waals surface area contributed by atoms with E-state index in [1.54, 1.807) is 12.1 Å². The van der Waals surface area contributed by atoms with Crippen molar-refractivity contribution in [2.24, 2.45) is 5.41 Å². The number of fused-ring (bicyclic) bond motifs is 1. The lowest BCUT2D eigenvalue weighted by molar-refractivity contribution is -0.145. The van der Waals surface area contributed by atoms with Gasteiger partial charge in [0.25, 0.3) is 0 Å². The molecule has 2 aliphatic rings. The quantitative estimate of drug-likeness (QED) is 0.636. The van der Waals surface area contributed by atoms with Crippen LogP contribution in [0.25, 0.3) is 10.9 Å². The van der Waals surface area contributed by atoms with Gasteiger partial charge in [-0.05, 0) is 61.6 Å². The summed E-state index contributed by atoms with van der Waals surface area (Å²) in [6.07, 6.45) is 2.79. The van der Waals surface area contributed by atoms with E-state index in [9.17, 15) is 9.18 Å². The summed E-state index contributed by atoms with van der Waals surface area (Å²) < 4.78 is 13.2. The maximum Gasteiger partial charge on any atom is 0.230 e. The van der Waals surface area contributed by atoms with Crippen LogP contribution in [-0.4, -0.2) is 35.4 Å². The number of carbonyl (C=O) groups is 1. The molecule has 3 heterocycles. The lowest BCUT2D eigenvalue weighted by atomic mass is 9.78. The van der Waals surface area contributed by atoms with Crippen LogP contribution in [0.1, 0.15) is 30.4 Å². The maximum atomic E-state index is 13.5. The minimum absolute atomic E-state index is 0.234. The molecule has 0 saturated carbocycles. The Morgan fingerprint density at radius 3 is 2.70 bits per heavy atom. The highest BCUT2D eigenvalue weighted by molar-refractivity contribution is 5.86. The number of hydrogen-bond donors (Lipinski definition) is 0. The number of pyridine rings is 1. The number of anilines is 1. The van der Waals surface area contributed by atoms with E-state index in [1.807, 2.05) is 23.1 Å². The van der Waals surface area contributed by atoms with Gasteiger partial charge in [-0.15, -0.1) is 0 Å². The van der Waals surface area contributed by atoms with Crippen molar-refractivity contribution in [1.29, 1.82) is 0 Å². The first-order valence-electron chi connectivity index (χ1n) is 10.7. The number of likely N-dealkylation sites (tertiary alicyclic amines) is 1. The molecular weight excluding hydrogens is 377 g/mol. The van der Waals surface area contributed by atoms with E-state index < -0.39 is 0 Å². The van der Waals surface area contributed by atoms with E-state index in [-0.39, 0.29) is 17.1 Å². The van der Waals surface area contributed by atoms with Crippen LogP contribution in [0, 0.1) is 18.2 Å². The summed E-state index contributed by atoms with van der Waals surface area (Å²) in [7, 11) is 0. The van der Waals surface area contributed by atoms with Crippen LogP contribution >= 0.6 is 0 Å². The first kappa shape index (κ1) is 19.0. The monoisotopic (exact) mass is 403 g/mol. The van der Waals surface area contributed by atoms with Crippen molar-refractivity contribution in [3.05, 3.63) is 71.5 Å². The van der Waals surface area contributed by atoms with E-state index >= 15 is 0 Å². The molecule has 1 atom stereocenters. The molecule has 0 unspecified atom stereocenters. The molecule has 2 fully saturated rings. The summed E-state index contributed by atoms with van der Waals surface area (Å²) in [5.74, 6) is 0.953. The number of aromatic nitrogens is 1. The molecule has 5 rings (SSSR count). The van der Waals surface area contributed by atoms with Gasteiger partial charge in [0.2, 0.25) is 5.91 Å². The molecule has 0 bridgehead atoms. The van der Waals surface area contributed by atoms with Crippen LogP contribution < -0.4 is 4.90 Å². The van der Waals surface area contributed by atoms with Gasteiger partial charge in [0.1, 0.15) is 11.6 Å². The molecule has 154 valence electrons. The van der Waals surface area contributed by atoms with Crippen LogP contribution in [0.4, 0.5) is 10.2 Å². The number of carbonyl (C=O) groups excluding carboxylic acids is 1. The van der Waals surface area contributed by atoms with E-state index in [0.717, 1.165) is 55.8 Å². The number of rotatable bonds is 3. The second-order valence-electron chi connectivity index (χ2n) is 8.72. The standard InChI is InChI=1S/C25H26FN3O/c1-18-15-23(27-22-6-3-2-5-21(18)22)29-14-12-25(17-29)11-4-13-28(24(25)30)16-19-7-9-20(26)10-8-19/h2-3,5-10,15H,4,11-14,16-17H2,1H3/t25-/m0/s1. The van der Waals surface area contributed by atoms with Crippen molar-refractivity contribution in [3.63, 3.8) is 0 Å². The van der Waals surface area contributed by atoms with Crippen LogP contribution in [0.5, 0.6) is 0 Å². The number of piperidine rings is 1. The number of benzene rings is 2. The third-order valence-electron chi connectivity index (χ3n) is 6.70. The molecule has 30 heavy (non-hydrogen) atoms. The first-order chi connectivity index (χ1) is 14.5. The summed E-state index contributed by atoms with van der Waals surface area (Å²) in [6.45, 7) is 5.01. The molecule has 5 heteroatoms. The van der Waals surface area contributed by atoms with Crippen molar-refractivity contribution in [3.8, 4) is 0 Å². The normalized spacial score (nSPS) is 21.7. The first-order valence-corrected chi connectivity index (χ1v) is 10.7. The van der Waals surface area contributed by atoms with E-state index in [1.165, 1.54) is 23.1 Å². The lowest BCUT2D eigenvalue weighted by Crippen LogP contribution is -2.49. The van der Waals surface area contributed by atoms with Crippen LogP contribution in [0.15, 0.2) is 54.6 Å². The Morgan fingerprint density at radius 2 is 1.87 bits per heavy atom. The zero-order chi connectivity index (χ0) is 20.7. The highest BCUT2D eigenvalue weighted by Gasteiger charge is 2.48. The van der Waals surface area contributed by atoms with Gasteiger partial charge in [-0.2, -0.15) is 0 Å². The van der Waals surface area contributed by atoms with Crippen LogP contribution in [0.3, 0.4) is 0 Å². The molecule has 1 spiro atoms. The fourth-order valence-corrected chi connectivity index (χ4v) is 5.05. The Morgan fingerprint density at radius 1 is 1.07 bits per heavy atom. The average Bonchev–Trinajstić information content (AvgIpc) is 3.18. The summed E-state index contributed by atoms with van der Waals surface area (Å²) in [6, 6.07) is 16.8. The Kier molecular flexibility index (Phi) is 4.69.